The first-order valence-corrected chi connectivity index (χ1v) is 27.0. The Bertz CT molecular complexity index is 3000. The number of fused-ring (bicyclic) bond motifs is 2. The van der Waals surface area contributed by atoms with Crippen molar-refractivity contribution < 1.29 is 139 Å². The summed E-state index contributed by atoms with van der Waals surface area (Å²) in [5.74, 6) is -0.848. The molecule has 4 aromatic carbocycles. The van der Waals surface area contributed by atoms with Crippen molar-refractivity contribution in [1.29, 1.82) is 0 Å². The van der Waals surface area contributed by atoms with Crippen molar-refractivity contribution in [2.45, 2.75) is 37.8 Å². The van der Waals surface area contributed by atoms with Gasteiger partial charge in [-0.3, -0.25) is 28.9 Å². The summed E-state index contributed by atoms with van der Waals surface area (Å²) >= 11 is 13.9. The van der Waals surface area contributed by atoms with Gasteiger partial charge >= 0.3 is 103 Å². The number of hydrogen-bond donors (Lipinski definition) is 5. The fourth-order valence-corrected chi connectivity index (χ4v) is 10.2. The molecule has 0 saturated carbocycles. The van der Waals surface area contributed by atoms with Crippen molar-refractivity contribution in [2.75, 3.05) is 97.0 Å². The maximum atomic E-state index is 13.4. The normalized spacial score (nSPS) is 16.2. The topological polar surface area (TPSA) is 214 Å². The Labute approximate surface area is 558 Å². The Balaban J connectivity index is 0.000000287. The minimum Gasteiger partial charge on any atom is -1.00 e. The molecule has 0 spiro atoms. The van der Waals surface area contributed by atoms with Gasteiger partial charge in [-0.25, -0.2) is 0 Å². The molecule has 4 heterocycles. The van der Waals surface area contributed by atoms with Gasteiger partial charge in [0.1, 0.15) is 11.1 Å². The number of carbonyl (C=O) groups is 3. The second kappa shape index (κ2) is 33.2. The van der Waals surface area contributed by atoms with Crippen LogP contribution in [0.2, 0.25) is 10.0 Å². The molecule has 17 nitrogen and oxygen atoms in total. The minimum atomic E-state index is -0.431. The summed E-state index contributed by atoms with van der Waals surface area (Å²) in [5.41, 5.74) is 8.32. The number of aromatic nitrogens is 2. The van der Waals surface area contributed by atoms with Gasteiger partial charge in [-0.2, -0.15) is 0 Å². The van der Waals surface area contributed by atoms with Crippen LogP contribution in [0.5, 0.6) is 0 Å². The molecular formula is C55H61Cl2IK2N8O9. The number of benzene rings is 4. The monoisotopic (exact) mass is 1250 g/mol. The minimum absolute atomic E-state index is 0. The Hall–Kier alpha value is -2.83. The zero-order chi connectivity index (χ0) is 53.3. The Morgan fingerprint density at radius 3 is 1.47 bits per heavy atom. The quantitative estimate of drug-likeness (QED) is 0.0275. The van der Waals surface area contributed by atoms with Gasteiger partial charge in [0.15, 0.2) is 0 Å². The molecule has 77 heavy (non-hydrogen) atoms. The molecule has 2 aromatic heterocycles. The van der Waals surface area contributed by atoms with E-state index in [1.54, 1.807) is 94.3 Å². The average Bonchev–Trinajstić information content (AvgIpc) is 4.11. The molecule has 2 unspecified atom stereocenters. The molecule has 2 aliphatic carbocycles. The summed E-state index contributed by atoms with van der Waals surface area (Å²) in [4.78, 5) is 70.8. The molecule has 10 rings (SSSR count). The molecule has 2 saturated heterocycles. The third-order valence-corrected chi connectivity index (χ3v) is 14.4. The van der Waals surface area contributed by atoms with Crippen molar-refractivity contribution in [3.63, 3.8) is 0 Å². The van der Waals surface area contributed by atoms with E-state index in [1.807, 2.05) is 0 Å². The van der Waals surface area contributed by atoms with Gasteiger partial charge in [0.2, 0.25) is 0 Å². The predicted octanol–water partition coefficient (Wildman–Crippen LogP) is 0.0720. The second-order valence-electron chi connectivity index (χ2n) is 17.9. The zero-order valence-electron chi connectivity index (χ0n) is 44.2. The van der Waals surface area contributed by atoms with Crippen molar-refractivity contribution in [2.24, 2.45) is 0 Å². The van der Waals surface area contributed by atoms with E-state index in [2.05, 4.69) is 94.5 Å². The molecule has 2 fully saturated rings. The van der Waals surface area contributed by atoms with Gasteiger partial charge in [0.05, 0.1) is 25.3 Å². The maximum absolute atomic E-state index is 13.4. The van der Waals surface area contributed by atoms with Crippen LogP contribution < -0.4 is 145 Å². The molecular weight excluding hydrogens is 1190 g/mol. The van der Waals surface area contributed by atoms with Crippen LogP contribution in [0.3, 0.4) is 0 Å². The first-order chi connectivity index (χ1) is 36.5. The smallest absolute Gasteiger partial charge is 1.00 e. The molecule has 6 aromatic rings. The molecule has 4 aliphatic rings. The number of pyridine rings is 2. The van der Waals surface area contributed by atoms with Gasteiger partial charge in [0.25, 0.3) is 29.4 Å². The number of rotatable bonds is 12. The molecule has 0 bridgehead atoms. The molecule has 2 aliphatic heterocycles. The van der Waals surface area contributed by atoms with Crippen LogP contribution >= 0.6 is 45.8 Å². The Kier molecular flexibility index (Phi) is 28.0. The molecule has 2 amide bonds. The van der Waals surface area contributed by atoms with Gasteiger partial charge in [0, 0.05) is 109 Å². The number of carbonyl (C=O) groups excluding carboxylic acids is 3. The first-order valence-electron chi connectivity index (χ1n) is 24.7. The van der Waals surface area contributed by atoms with Crippen LogP contribution in [0.4, 0.5) is 22.7 Å². The zero-order valence-corrected chi connectivity index (χ0v) is 53.1. The van der Waals surface area contributed by atoms with Crippen LogP contribution in [0.15, 0.2) is 131 Å². The van der Waals surface area contributed by atoms with Crippen molar-refractivity contribution in [1.82, 2.24) is 19.4 Å². The summed E-state index contributed by atoms with van der Waals surface area (Å²) in [6.45, 7) is 8.66. The third-order valence-electron chi connectivity index (χ3n) is 13.5. The molecule has 398 valence electrons. The number of nitrogens with one attached hydrogen (secondary N) is 3. The van der Waals surface area contributed by atoms with E-state index >= 15 is 0 Å². The Morgan fingerprint density at radius 2 is 1.08 bits per heavy atom. The fraction of sp³-hybridized carbons (Fsp3) is 0.327. The summed E-state index contributed by atoms with van der Waals surface area (Å²) < 4.78 is 4.26. The molecule has 0 radical (unpaired) electrons. The fourth-order valence-electron chi connectivity index (χ4n) is 9.98. The number of amides is 2. The number of halogens is 3. The van der Waals surface area contributed by atoms with E-state index in [4.69, 9.17) is 38.4 Å². The SMILES string of the molecule is O=C(Nc1ccc(Cl)cc1)c1cccn(C2CCc3c2cccc3N2CCN(CCO)CC2)c1=O.O=C(Nc1ccc(Cl)cc1)c1cccn(C2CCc3c2cccc3N2CCNCC2)c1=O.O=CO[O-].OCCI.[H-].[K+].[K+]. The molecule has 5 N–H and O–H groups in total. The van der Waals surface area contributed by atoms with Crippen molar-refractivity contribution >= 4 is 86.8 Å². The maximum Gasteiger partial charge on any atom is 1.00 e. The van der Waals surface area contributed by atoms with E-state index in [1.165, 1.54) is 28.1 Å². The van der Waals surface area contributed by atoms with E-state index < -0.39 is 11.8 Å². The molecule has 22 heteroatoms. The van der Waals surface area contributed by atoms with Crippen molar-refractivity contribution in [3.05, 3.63) is 186 Å². The standard InChI is InChI=1S/C27H29ClN4O3.C25H25ClN4O2.C2H5IO.CH2O3.2K.H/c28-19-6-8-20(9-7-19)29-26(34)23-4-2-12-32(27(23)35)25-11-10-22-21(25)3-1-5-24(22)31-15-13-30(14-16-31)17-18-33;26-17-6-8-18(9-7-17)28-24(31)21-4-2-14-30(25(21)32)23-11-10-20-19(23)3-1-5-22(20)29-15-12-27-13-16-29;3-1-2-4;2-1-4-3;;;/h1-9,12,25,33H,10-11,13-18H2,(H,29,34);1-9,14,23,27H,10-13,15-16H2,(H,28,31);4H,1-2H2;1,3H;;;/q;;;;2*+1;-1/p-1. The largest absolute Gasteiger partial charge is 1.00 e. The number of alkyl halides is 1. The predicted molar refractivity (Wildman–Crippen MR) is 301 cm³/mol. The molecule has 2 atom stereocenters. The van der Waals surface area contributed by atoms with Crippen LogP contribution in [0.1, 0.15) is 69.3 Å². The Morgan fingerprint density at radius 1 is 0.662 bits per heavy atom. The number of β-amino-alcohol motifs (C(OH)–C–C–N with tert-alkyl or cyclic N) is 1. The van der Waals surface area contributed by atoms with Gasteiger partial charge in [-0.05, 0) is 133 Å². The number of aliphatic hydroxyl groups excluding tert-OH is 2. The van der Waals surface area contributed by atoms with Gasteiger partial charge in [-0.1, -0.05) is 70.1 Å². The van der Waals surface area contributed by atoms with E-state index in [0.29, 0.717) is 34.6 Å². The number of aliphatic hydroxyl groups is 2. The summed E-state index contributed by atoms with van der Waals surface area (Å²) in [6, 6.07) is 32.9. The van der Waals surface area contributed by atoms with Crippen molar-refractivity contribution in [3.8, 4) is 0 Å². The second-order valence-corrected chi connectivity index (χ2v) is 19.8. The number of nitrogens with zero attached hydrogens (tertiary/aromatic N) is 5. The number of piperazine rings is 2. The van der Waals surface area contributed by atoms with E-state index in [-0.39, 0.29) is 152 Å². The van der Waals surface area contributed by atoms with E-state index in [0.717, 1.165) is 88.0 Å². The number of anilines is 4. The van der Waals surface area contributed by atoms with Gasteiger partial charge < -0.3 is 56.7 Å². The van der Waals surface area contributed by atoms with E-state index in [9.17, 15) is 24.3 Å². The van der Waals surface area contributed by atoms with Crippen LogP contribution in [0, 0.1) is 0 Å². The number of hydrogen-bond acceptors (Lipinski definition) is 13. The third kappa shape index (κ3) is 17.3. The summed E-state index contributed by atoms with van der Waals surface area (Å²) in [6.07, 6.45) is 7.05. The van der Waals surface area contributed by atoms with Crippen LogP contribution in [-0.4, -0.2) is 119 Å². The van der Waals surface area contributed by atoms with Crippen LogP contribution in [-0.2, 0) is 22.5 Å². The van der Waals surface area contributed by atoms with Gasteiger partial charge in [-0.15, -0.1) is 0 Å². The first kappa shape index (κ1) is 65.0. The van der Waals surface area contributed by atoms with Crippen LogP contribution in [0.25, 0.3) is 0 Å². The summed E-state index contributed by atoms with van der Waals surface area (Å²) in [7, 11) is 0. The average molecular weight is 1250 g/mol. The summed E-state index contributed by atoms with van der Waals surface area (Å²) in [5, 5.41) is 35.7.